The highest BCUT2D eigenvalue weighted by atomic mass is 35.5. The minimum absolute atomic E-state index is 0.164. The minimum atomic E-state index is -4.42. The fraction of sp³-hybridized carbons (Fsp3) is 0.250. The van der Waals surface area contributed by atoms with Gasteiger partial charge >= 0.3 is 11.9 Å². The summed E-state index contributed by atoms with van der Waals surface area (Å²) < 4.78 is 50.1. The second-order valence-corrected chi connectivity index (χ2v) is 8.35. The Morgan fingerprint density at radius 3 is 2.42 bits per heavy atom. The Morgan fingerprint density at radius 1 is 1.19 bits per heavy atom. The van der Waals surface area contributed by atoms with Crippen LogP contribution in [0, 0.1) is 0 Å². The van der Waals surface area contributed by atoms with Gasteiger partial charge in [0.2, 0.25) is 0 Å². The van der Waals surface area contributed by atoms with Crippen LogP contribution in [-0.2, 0) is 12.7 Å². The van der Waals surface area contributed by atoms with Crippen molar-refractivity contribution in [2.45, 2.75) is 25.7 Å². The van der Waals surface area contributed by atoms with Gasteiger partial charge < -0.3 is 14.6 Å². The van der Waals surface area contributed by atoms with Gasteiger partial charge in [0.05, 0.1) is 29.3 Å². The van der Waals surface area contributed by atoms with Crippen LogP contribution < -0.4 is 15.2 Å². The molecule has 0 bridgehead atoms. The molecule has 1 unspecified atom stereocenters. The Balaban J connectivity index is 1.65. The van der Waals surface area contributed by atoms with Crippen LogP contribution in [0.3, 0.4) is 0 Å². The molecule has 0 aliphatic rings. The van der Waals surface area contributed by atoms with Crippen molar-refractivity contribution in [1.29, 1.82) is 0 Å². The highest BCUT2D eigenvalue weighted by Crippen LogP contribution is 2.36. The average Bonchev–Trinajstić information content (AvgIpc) is 3.18. The number of methoxy groups -OCH3 is 1. The summed E-state index contributed by atoms with van der Waals surface area (Å²) in [5, 5.41) is 15.0. The topological polar surface area (TPSA) is 89.4 Å². The lowest BCUT2D eigenvalue weighted by Gasteiger charge is -2.15. The van der Waals surface area contributed by atoms with Crippen molar-refractivity contribution in [1.82, 2.24) is 14.8 Å². The predicted octanol–water partition coefficient (Wildman–Crippen LogP) is 5.46. The first-order chi connectivity index (χ1) is 17.0. The first kappa shape index (κ1) is 27.4. The lowest BCUT2D eigenvalue weighted by Crippen LogP contribution is -2.29. The molecule has 0 amide bonds. The number of alkyl halides is 3. The first-order valence-corrected chi connectivity index (χ1v) is 11.3. The first-order valence-electron chi connectivity index (χ1n) is 10.5. The molecule has 12 heteroatoms. The summed E-state index contributed by atoms with van der Waals surface area (Å²) in [5.74, 6) is 0.797. The van der Waals surface area contributed by atoms with Crippen LogP contribution in [0.1, 0.15) is 23.9 Å². The second kappa shape index (κ2) is 11.7. The van der Waals surface area contributed by atoms with Crippen molar-refractivity contribution >= 4 is 34.9 Å². The van der Waals surface area contributed by atoms with Gasteiger partial charge in [0.15, 0.2) is 17.3 Å². The summed E-state index contributed by atoms with van der Waals surface area (Å²) >= 11 is 11.9. The predicted molar refractivity (Wildman–Crippen MR) is 131 cm³/mol. The molecular weight excluding hydrogens is 522 g/mol. The van der Waals surface area contributed by atoms with E-state index in [2.05, 4.69) is 10.1 Å². The molecular formula is C24H22Cl2F3N3O4. The van der Waals surface area contributed by atoms with E-state index in [1.54, 1.807) is 19.1 Å². The number of rotatable bonds is 9. The summed E-state index contributed by atoms with van der Waals surface area (Å²) in [7, 11) is 1.43. The van der Waals surface area contributed by atoms with E-state index in [0.29, 0.717) is 16.9 Å². The fourth-order valence-electron chi connectivity index (χ4n) is 3.17. The Hall–Kier alpha value is -3.21. The number of aliphatic hydroxyl groups excluding tert-OH is 1. The van der Waals surface area contributed by atoms with Gasteiger partial charge in [-0.1, -0.05) is 47.5 Å². The standard InChI is InChI=1S/C24H22Cl2F3N3O4/c1-3-14(15-4-7-16(8-5-15)24(27,28)29)6-9-22-30-23(34)32(31-22)12-17(33)13-36-21-11-19(26)18(25)10-20(21)35-2/h3-11,17,33H,12-13H2,1-2H3,(H,30,31,34)/b9-6-,14-3+. The number of nitrogens with zero attached hydrogens (tertiary/aromatic N) is 2. The van der Waals surface area contributed by atoms with Crippen molar-refractivity contribution in [3.8, 4) is 11.5 Å². The number of ether oxygens (including phenoxy) is 2. The Labute approximate surface area is 214 Å². The van der Waals surface area contributed by atoms with E-state index >= 15 is 0 Å². The SMILES string of the molecule is C/C=C(\C=C/c1nn(CC(O)COc2cc(Cl)c(Cl)cc2OC)c(=O)[nH]1)c1ccc(C(F)(F)F)cc1. The van der Waals surface area contributed by atoms with Gasteiger partial charge in [-0.2, -0.15) is 18.3 Å². The number of aromatic nitrogens is 3. The lowest BCUT2D eigenvalue weighted by molar-refractivity contribution is -0.137. The van der Waals surface area contributed by atoms with Crippen molar-refractivity contribution in [2.24, 2.45) is 0 Å². The third-order valence-electron chi connectivity index (χ3n) is 5.00. The number of aliphatic hydroxyl groups is 1. The quantitative estimate of drug-likeness (QED) is 0.349. The molecule has 2 aromatic carbocycles. The van der Waals surface area contributed by atoms with Crippen LogP contribution in [0.15, 0.2) is 53.3 Å². The van der Waals surface area contributed by atoms with Gasteiger partial charge in [-0.25, -0.2) is 9.48 Å². The number of H-pyrrole nitrogens is 1. The molecule has 0 aliphatic heterocycles. The van der Waals surface area contributed by atoms with Crippen LogP contribution in [0.25, 0.3) is 11.6 Å². The van der Waals surface area contributed by atoms with Crippen molar-refractivity contribution in [3.63, 3.8) is 0 Å². The molecule has 0 fully saturated rings. The minimum Gasteiger partial charge on any atom is -0.493 e. The Bertz CT molecular complexity index is 1320. The summed E-state index contributed by atoms with van der Waals surface area (Å²) in [4.78, 5) is 14.8. The van der Waals surface area contributed by atoms with E-state index < -0.39 is 23.5 Å². The molecule has 3 aromatic rings. The fourth-order valence-corrected chi connectivity index (χ4v) is 3.48. The molecule has 0 saturated heterocycles. The molecule has 0 aliphatic carbocycles. The molecule has 192 valence electrons. The van der Waals surface area contributed by atoms with Crippen molar-refractivity contribution < 1.29 is 27.8 Å². The molecule has 36 heavy (non-hydrogen) atoms. The van der Waals surface area contributed by atoms with E-state index in [-0.39, 0.29) is 34.8 Å². The zero-order valence-corrected chi connectivity index (χ0v) is 20.7. The number of aromatic amines is 1. The smallest absolute Gasteiger partial charge is 0.416 e. The maximum absolute atomic E-state index is 12.8. The molecule has 0 spiro atoms. The third kappa shape index (κ3) is 6.93. The van der Waals surface area contributed by atoms with Crippen LogP contribution in [0.2, 0.25) is 10.0 Å². The largest absolute Gasteiger partial charge is 0.493 e. The zero-order chi connectivity index (χ0) is 26.5. The van der Waals surface area contributed by atoms with Gasteiger partial charge in [-0.05, 0) is 36.3 Å². The van der Waals surface area contributed by atoms with E-state index in [9.17, 15) is 23.1 Å². The number of allylic oxidation sites excluding steroid dienone is 3. The monoisotopic (exact) mass is 543 g/mol. The number of benzene rings is 2. The lowest BCUT2D eigenvalue weighted by atomic mass is 10.0. The Kier molecular flexibility index (Phi) is 8.89. The zero-order valence-electron chi connectivity index (χ0n) is 19.1. The molecule has 0 saturated carbocycles. The molecule has 3 rings (SSSR count). The van der Waals surface area contributed by atoms with Crippen molar-refractivity contribution in [3.05, 3.63) is 86.0 Å². The van der Waals surface area contributed by atoms with Crippen LogP contribution in [0.4, 0.5) is 13.2 Å². The average molecular weight is 544 g/mol. The van der Waals surface area contributed by atoms with E-state index in [1.165, 1.54) is 37.5 Å². The number of hydrogen-bond acceptors (Lipinski definition) is 5. The van der Waals surface area contributed by atoms with E-state index in [1.807, 2.05) is 0 Å². The molecule has 1 heterocycles. The second-order valence-electron chi connectivity index (χ2n) is 7.53. The molecule has 7 nitrogen and oxygen atoms in total. The number of hydrogen-bond donors (Lipinski definition) is 2. The number of nitrogens with one attached hydrogen (secondary N) is 1. The normalized spacial score (nSPS) is 13.3. The summed E-state index contributed by atoms with van der Waals surface area (Å²) in [6, 6.07) is 7.66. The molecule has 2 N–H and O–H groups in total. The maximum Gasteiger partial charge on any atom is 0.416 e. The van der Waals surface area contributed by atoms with Crippen LogP contribution >= 0.6 is 23.2 Å². The number of halogens is 5. The third-order valence-corrected chi connectivity index (χ3v) is 5.72. The highest BCUT2D eigenvalue weighted by Gasteiger charge is 2.30. The van der Waals surface area contributed by atoms with Crippen molar-refractivity contribution in [2.75, 3.05) is 13.7 Å². The van der Waals surface area contributed by atoms with Gasteiger partial charge in [-0.3, -0.25) is 4.98 Å². The van der Waals surface area contributed by atoms with Gasteiger partial charge in [0.25, 0.3) is 0 Å². The van der Waals surface area contributed by atoms with Gasteiger partial charge in [0, 0.05) is 12.1 Å². The van der Waals surface area contributed by atoms with Gasteiger partial charge in [-0.15, -0.1) is 0 Å². The van der Waals surface area contributed by atoms with Gasteiger partial charge in [0.1, 0.15) is 12.7 Å². The van der Waals surface area contributed by atoms with E-state index in [4.69, 9.17) is 32.7 Å². The van der Waals surface area contributed by atoms with E-state index in [0.717, 1.165) is 16.8 Å². The molecule has 1 atom stereocenters. The Morgan fingerprint density at radius 2 is 1.83 bits per heavy atom. The highest BCUT2D eigenvalue weighted by molar-refractivity contribution is 6.42. The maximum atomic E-state index is 12.8. The summed E-state index contributed by atoms with van der Waals surface area (Å²) in [6.07, 6.45) is -0.678. The summed E-state index contributed by atoms with van der Waals surface area (Å²) in [5.41, 5.74) is -0.108. The summed E-state index contributed by atoms with van der Waals surface area (Å²) in [6.45, 7) is 1.38. The van der Waals surface area contributed by atoms with Crippen LogP contribution in [-0.4, -0.2) is 39.7 Å². The molecule has 0 radical (unpaired) electrons. The molecule has 1 aromatic heterocycles. The van der Waals surface area contributed by atoms with Crippen LogP contribution in [0.5, 0.6) is 11.5 Å².